The van der Waals surface area contributed by atoms with Crippen LogP contribution in [0.25, 0.3) is 0 Å². The Balaban J connectivity index is 2.14. The van der Waals surface area contributed by atoms with Crippen molar-refractivity contribution in [1.82, 2.24) is 10.6 Å². The van der Waals surface area contributed by atoms with Crippen molar-refractivity contribution in [3.63, 3.8) is 0 Å². The predicted octanol–water partition coefficient (Wildman–Crippen LogP) is 0.904. The molecule has 2 N–H and O–H groups in total. The van der Waals surface area contributed by atoms with Crippen molar-refractivity contribution in [2.45, 2.75) is 24.8 Å². The van der Waals surface area contributed by atoms with Crippen LogP contribution in [0.5, 0.6) is 5.75 Å². The second-order valence-corrected chi connectivity index (χ2v) is 4.64. The monoisotopic (exact) mass is 232 g/mol. The van der Waals surface area contributed by atoms with Gasteiger partial charge in [0.25, 0.3) is 0 Å². The van der Waals surface area contributed by atoms with Gasteiger partial charge in [-0.1, -0.05) is 6.07 Å². The van der Waals surface area contributed by atoms with E-state index in [2.05, 4.69) is 16.7 Å². The zero-order chi connectivity index (χ0) is 11.9. The summed E-state index contributed by atoms with van der Waals surface area (Å²) in [5.74, 6) is 0.901. The first-order valence-corrected chi connectivity index (χ1v) is 5.97. The van der Waals surface area contributed by atoms with Gasteiger partial charge in [-0.2, -0.15) is 0 Å². The molecule has 3 rings (SSSR count). The van der Waals surface area contributed by atoms with Crippen molar-refractivity contribution in [3.8, 4) is 5.75 Å². The molecular weight excluding hydrogens is 216 g/mol. The average Bonchev–Trinajstić information content (AvgIpc) is 2.72. The summed E-state index contributed by atoms with van der Waals surface area (Å²) in [6, 6.07) is 6.03. The summed E-state index contributed by atoms with van der Waals surface area (Å²) in [6.45, 7) is 0.551. The van der Waals surface area contributed by atoms with E-state index < -0.39 is 5.54 Å². The van der Waals surface area contributed by atoms with E-state index in [4.69, 9.17) is 4.74 Å². The highest BCUT2D eigenvalue weighted by Gasteiger charge is 2.46. The number of benzene rings is 1. The molecule has 1 aliphatic heterocycles. The van der Waals surface area contributed by atoms with E-state index in [1.54, 1.807) is 7.11 Å². The summed E-state index contributed by atoms with van der Waals surface area (Å²) < 4.78 is 5.26. The van der Waals surface area contributed by atoms with Crippen LogP contribution in [0.2, 0.25) is 0 Å². The maximum atomic E-state index is 12.1. The molecule has 90 valence electrons. The number of aryl methyl sites for hydroxylation is 1. The number of fused-ring (bicyclic) bond motifs is 2. The molecule has 1 aliphatic carbocycles. The van der Waals surface area contributed by atoms with Gasteiger partial charge in [0.2, 0.25) is 5.91 Å². The highest BCUT2D eigenvalue weighted by molar-refractivity contribution is 5.90. The summed E-state index contributed by atoms with van der Waals surface area (Å²) in [5, 5.41) is 6.18. The van der Waals surface area contributed by atoms with Gasteiger partial charge < -0.3 is 10.1 Å². The van der Waals surface area contributed by atoms with Gasteiger partial charge in [-0.25, -0.2) is 0 Å². The lowest BCUT2D eigenvalue weighted by Crippen LogP contribution is -2.45. The van der Waals surface area contributed by atoms with E-state index in [9.17, 15) is 4.79 Å². The number of ether oxygens (including phenoxy) is 1. The molecule has 2 aliphatic rings. The van der Waals surface area contributed by atoms with E-state index in [1.807, 2.05) is 12.1 Å². The zero-order valence-electron chi connectivity index (χ0n) is 9.88. The summed E-state index contributed by atoms with van der Waals surface area (Å²) in [7, 11) is 1.65. The molecule has 1 saturated heterocycles. The van der Waals surface area contributed by atoms with Crippen molar-refractivity contribution in [2.24, 2.45) is 0 Å². The summed E-state index contributed by atoms with van der Waals surface area (Å²) in [4.78, 5) is 12.1. The molecule has 17 heavy (non-hydrogen) atoms. The minimum atomic E-state index is -0.526. The molecule has 0 aromatic heterocycles. The third-order valence-electron chi connectivity index (χ3n) is 3.80. The SMILES string of the molecule is COc1ccc2c(c1)C1(CCC2)NCNC1=O. The van der Waals surface area contributed by atoms with Crippen LogP contribution in [0.15, 0.2) is 18.2 Å². The fraction of sp³-hybridized carbons (Fsp3) is 0.462. The average molecular weight is 232 g/mol. The van der Waals surface area contributed by atoms with Gasteiger partial charge in [0, 0.05) is 0 Å². The minimum Gasteiger partial charge on any atom is -0.497 e. The van der Waals surface area contributed by atoms with Crippen LogP contribution >= 0.6 is 0 Å². The van der Waals surface area contributed by atoms with Crippen LogP contribution < -0.4 is 15.4 Å². The Hall–Kier alpha value is -1.55. The molecule has 0 radical (unpaired) electrons. The third-order valence-corrected chi connectivity index (χ3v) is 3.80. The Morgan fingerprint density at radius 1 is 1.41 bits per heavy atom. The Morgan fingerprint density at radius 2 is 2.29 bits per heavy atom. The number of carbonyl (C=O) groups excluding carboxylic acids is 1. The third kappa shape index (κ3) is 1.44. The number of hydrogen-bond acceptors (Lipinski definition) is 3. The molecule has 1 fully saturated rings. The van der Waals surface area contributed by atoms with Crippen molar-refractivity contribution in [3.05, 3.63) is 29.3 Å². The lowest BCUT2D eigenvalue weighted by Gasteiger charge is -2.33. The maximum Gasteiger partial charge on any atom is 0.245 e. The Bertz CT molecular complexity index is 472. The van der Waals surface area contributed by atoms with Gasteiger partial charge in [0.1, 0.15) is 11.3 Å². The number of hydrogen-bond donors (Lipinski definition) is 2. The zero-order valence-corrected chi connectivity index (χ0v) is 9.88. The molecule has 1 unspecified atom stereocenters. The number of rotatable bonds is 1. The second-order valence-electron chi connectivity index (χ2n) is 4.64. The molecule has 1 atom stereocenters. The Morgan fingerprint density at radius 3 is 3.00 bits per heavy atom. The maximum absolute atomic E-state index is 12.1. The van der Waals surface area contributed by atoms with Crippen LogP contribution in [0.1, 0.15) is 24.0 Å². The van der Waals surface area contributed by atoms with E-state index >= 15 is 0 Å². The van der Waals surface area contributed by atoms with Gasteiger partial charge in [-0.3, -0.25) is 10.1 Å². The lowest BCUT2D eigenvalue weighted by molar-refractivity contribution is -0.124. The van der Waals surface area contributed by atoms with Crippen LogP contribution in [-0.4, -0.2) is 19.7 Å². The van der Waals surface area contributed by atoms with Crippen LogP contribution in [0.4, 0.5) is 0 Å². The molecule has 1 aromatic rings. The quantitative estimate of drug-likeness (QED) is 0.756. The lowest BCUT2D eigenvalue weighted by atomic mass is 9.76. The molecule has 1 aromatic carbocycles. The van der Waals surface area contributed by atoms with Crippen molar-refractivity contribution in [1.29, 1.82) is 0 Å². The molecule has 1 spiro atoms. The molecule has 1 amide bonds. The largest absolute Gasteiger partial charge is 0.497 e. The van der Waals surface area contributed by atoms with E-state index in [1.165, 1.54) is 5.56 Å². The highest BCUT2D eigenvalue weighted by atomic mass is 16.5. The summed E-state index contributed by atoms with van der Waals surface area (Å²) >= 11 is 0. The van der Waals surface area contributed by atoms with Gasteiger partial charge in [-0.05, 0) is 42.5 Å². The molecule has 4 nitrogen and oxygen atoms in total. The smallest absolute Gasteiger partial charge is 0.245 e. The normalized spacial score (nSPS) is 26.8. The summed E-state index contributed by atoms with van der Waals surface area (Å²) in [6.07, 6.45) is 2.94. The standard InChI is InChI=1S/C13H16N2O2/c1-17-10-5-4-9-3-2-6-13(11(9)7-10)12(16)14-8-15-13/h4-5,7,15H,2-3,6,8H2,1H3,(H,14,16). The first-order chi connectivity index (χ1) is 8.26. The molecule has 0 bridgehead atoms. The topological polar surface area (TPSA) is 50.4 Å². The number of amides is 1. The molecule has 4 heteroatoms. The first kappa shape index (κ1) is 10.6. The van der Waals surface area contributed by atoms with Crippen LogP contribution in [-0.2, 0) is 16.8 Å². The van der Waals surface area contributed by atoms with Crippen molar-refractivity contribution >= 4 is 5.91 Å². The molecular formula is C13H16N2O2. The first-order valence-electron chi connectivity index (χ1n) is 5.97. The van der Waals surface area contributed by atoms with Crippen molar-refractivity contribution < 1.29 is 9.53 Å². The van der Waals surface area contributed by atoms with Crippen LogP contribution in [0.3, 0.4) is 0 Å². The van der Waals surface area contributed by atoms with Gasteiger partial charge in [-0.15, -0.1) is 0 Å². The number of nitrogens with one attached hydrogen (secondary N) is 2. The summed E-state index contributed by atoms with van der Waals surface area (Å²) in [5.41, 5.74) is 1.81. The fourth-order valence-corrected chi connectivity index (χ4v) is 2.90. The Labute approximate surface area is 100 Å². The van der Waals surface area contributed by atoms with Crippen LogP contribution in [0, 0.1) is 0 Å². The van der Waals surface area contributed by atoms with E-state index in [0.717, 1.165) is 30.6 Å². The minimum absolute atomic E-state index is 0.0895. The fourth-order valence-electron chi connectivity index (χ4n) is 2.90. The Kier molecular flexibility index (Phi) is 2.33. The second kappa shape index (κ2) is 3.74. The number of carbonyl (C=O) groups is 1. The van der Waals surface area contributed by atoms with Gasteiger partial charge >= 0.3 is 0 Å². The van der Waals surface area contributed by atoms with Crippen molar-refractivity contribution in [2.75, 3.05) is 13.8 Å². The van der Waals surface area contributed by atoms with Gasteiger partial charge in [0.05, 0.1) is 13.8 Å². The van der Waals surface area contributed by atoms with E-state index in [-0.39, 0.29) is 5.91 Å². The highest BCUT2D eigenvalue weighted by Crippen LogP contribution is 2.38. The van der Waals surface area contributed by atoms with Gasteiger partial charge in [0.15, 0.2) is 0 Å². The molecule has 0 saturated carbocycles. The van der Waals surface area contributed by atoms with E-state index in [0.29, 0.717) is 6.67 Å². The molecule has 1 heterocycles. The predicted molar refractivity (Wildman–Crippen MR) is 63.8 cm³/mol. The number of methoxy groups -OCH3 is 1.